The number of unbranched alkanes of at least 4 members (excludes halogenated alkanes) is 6. The van der Waals surface area contributed by atoms with E-state index in [1.807, 2.05) is 0 Å². The molecule has 0 aromatic carbocycles. The molecule has 3 aliphatic rings. The minimum Gasteiger partial charge on any atom is -0.393 e. The predicted octanol–water partition coefficient (Wildman–Crippen LogP) is 4.03. The lowest BCUT2D eigenvalue weighted by Gasteiger charge is -2.48. The van der Waals surface area contributed by atoms with Gasteiger partial charge in [0.05, 0.1) is 25.4 Å². The minimum absolute atomic E-state index is 0.200. The van der Waals surface area contributed by atoms with Crippen LogP contribution in [0.25, 0.3) is 0 Å². The van der Waals surface area contributed by atoms with Crippen molar-refractivity contribution in [3.05, 3.63) is 0 Å². The van der Waals surface area contributed by atoms with Gasteiger partial charge in [0.1, 0.15) is 0 Å². The van der Waals surface area contributed by atoms with Crippen molar-refractivity contribution in [3.63, 3.8) is 0 Å². The van der Waals surface area contributed by atoms with Gasteiger partial charge in [-0.2, -0.15) is 0 Å². The van der Waals surface area contributed by atoms with Crippen molar-refractivity contribution in [2.75, 3.05) is 13.2 Å². The summed E-state index contributed by atoms with van der Waals surface area (Å²) in [6.45, 7) is 3.64. The smallest absolute Gasteiger partial charge is 0.172 e. The van der Waals surface area contributed by atoms with Crippen LogP contribution in [0.2, 0.25) is 0 Å². The average Bonchev–Trinajstić information content (AvgIpc) is 3.18. The summed E-state index contributed by atoms with van der Waals surface area (Å²) in [5, 5.41) is 20.8. The lowest BCUT2D eigenvalue weighted by Crippen LogP contribution is -2.54. The Kier molecular flexibility index (Phi) is 7.18. The normalized spacial score (nSPS) is 34.2. The summed E-state index contributed by atoms with van der Waals surface area (Å²) in [5.74, 6) is 0.668. The molecule has 1 spiro atoms. The van der Waals surface area contributed by atoms with E-state index in [-0.39, 0.29) is 18.0 Å². The van der Waals surface area contributed by atoms with E-state index in [9.17, 15) is 10.2 Å². The summed E-state index contributed by atoms with van der Waals surface area (Å²) in [7, 11) is 0. The fraction of sp³-hybridized carbons (Fsp3) is 1.00. The number of ether oxygens (including phenoxy) is 2. The van der Waals surface area contributed by atoms with Gasteiger partial charge in [0.2, 0.25) is 0 Å². The molecular weight excluding hydrogens is 316 g/mol. The molecule has 3 rings (SSSR count). The fourth-order valence-corrected chi connectivity index (χ4v) is 5.30. The van der Waals surface area contributed by atoms with Gasteiger partial charge in [0.15, 0.2) is 5.79 Å². The summed E-state index contributed by atoms with van der Waals surface area (Å²) >= 11 is 0. The Morgan fingerprint density at radius 3 is 2.40 bits per heavy atom. The second-order valence-corrected chi connectivity index (χ2v) is 8.61. The highest BCUT2D eigenvalue weighted by Crippen LogP contribution is 2.59. The summed E-state index contributed by atoms with van der Waals surface area (Å²) < 4.78 is 11.7. The van der Waals surface area contributed by atoms with Gasteiger partial charge in [-0.05, 0) is 37.5 Å². The lowest BCUT2D eigenvalue weighted by atomic mass is 9.69. The van der Waals surface area contributed by atoms with Crippen molar-refractivity contribution in [3.8, 4) is 0 Å². The zero-order valence-electron chi connectivity index (χ0n) is 16.0. The van der Waals surface area contributed by atoms with Crippen LogP contribution in [0.3, 0.4) is 0 Å². The molecule has 0 amide bonds. The third-order valence-electron chi connectivity index (χ3n) is 6.87. The molecule has 4 nitrogen and oxygen atoms in total. The van der Waals surface area contributed by atoms with Crippen molar-refractivity contribution in [2.45, 2.75) is 102 Å². The van der Waals surface area contributed by atoms with Crippen LogP contribution in [0.1, 0.15) is 84.0 Å². The number of rotatable bonds is 11. The molecule has 1 heterocycles. The van der Waals surface area contributed by atoms with Gasteiger partial charge in [-0.15, -0.1) is 0 Å². The zero-order chi connectivity index (χ0) is 17.7. The van der Waals surface area contributed by atoms with Crippen molar-refractivity contribution in [2.24, 2.45) is 17.8 Å². The molecule has 4 heteroatoms. The van der Waals surface area contributed by atoms with Crippen LogP contribution >= 0.6 is 0 Å². The monoisotopic (exact) mass is 354 g/mol. The Morgan fingerprint density at radius 1 is 1.00 bits per heavy atom. The quantitative estimate of drug-likeness (QED) is 0.550. The van der Waals surface area contributed by atoms with Crippen LogP contribution < -0.4 is 0 Å². The van der Waals surface area contributed by atoms with Crippen LogP contribution in [0.4, 0.5) is 0 Å². The Morgan fingerprint density at radius 2 is 1.68 bits per heavy atom. The number of hydrogen-bond acceptors (Lipinski definition) is 4. The molecule has 0 aromatic rings. The van der Waals surface area contributed by atoms with Crippen LogP contribution in [0, 0.1) is 17.8 Å². The zero-order valence-corrected chi connectivity index (χ0v) is 16.0. The van der Waals surface area contributed by atoms with E-state index in [2.05, 4.69) is 6.92 Å². The van der Waals surface area contributed by atoms with E-state index in [1.54, 1.807) is 0 Å². The molecule has 2 N–H and O–H groups in total. The third-order valence-corrected chi connectivity index (χ3v) is 6.87. The first kappa shape index (κ1) is 19.6. The lowest BCUT2D eigenvalue weighted by molar-refractivity contribution is -0.275. The van der Waals surface area contributed by atoms with Crippen LogP contribution in [0.5, 0.6) is 0 Å². The van der Waals surface area contributed by atoms with Crippen molar-refractivity contribution in [1.82, 2.24) is 0 Å². The van der Waals surface area contributed by atoms with Crippen LogP contribution in [-0.4, -0.2) is 41.4 Å². The minimum atomic E-state index is -0.364. The molecule has 1 aliphatic heterocycles. The highest BCUT2D eigenvalue weighted by molar-refractivity contribution is 5.08. The molecule has 3 fully saturated rings. The van der Waals surface area contributed by atoms with Gasteiger partial charge < -0.3 is 19.7 Å². The molecule has 2 saturated carbocycles. The van der Waals surface area contributed by atoms with E-state index >= 15 is 0 Å². The van der Waals surface area contributed by atoms with E-state index in [1.165, 1.54) is 38.5 Å². The maximum absolute atomic E-state index is 10.6. The molecule has 0 radical (unpaired) electrons. The number of aliphatic hydroxyl groups is 2. The van der Waals surface area contributed by atoms with Gasteiger partial charge in [0.25, 0.3) is 0 Å². The highest BCUT2D eigenvalue weighted by atomic mass is 16.7. The first-order valence-corrected chi connectivity index (χ1v) is 10.8. The molecule has 1 saturated heterocycles. The Bertz CT molecular complexity index is 393. The maximum Gasteiger partial charge on any atom is 0.172 e. The van der Waals surface area contributed by atoms with E-state index in [4.69, 9.17) is 9.47 Å². The standard InChI is InChI=1S/C21H38O4/c1-2-3-4-5-6-7-8-9-17(22)11-10-16-14-19-18(20(16)23)15-21(19)24-12-13-25-21/h16-20,22-23H,2-15H2,1H3. The second kappa shape index (κ2) is 9.16. The molecule has 146 valence electrons. The molecule has 0 aromatic heterocycles. The van der Waals surface area contributed by atoms with Gasteiger partial charge in [-0.1, -0.05) is 51.9 Å². The van der Waals surface area contributed by atoms with E-state index < -0.39 is 0 Å². The molecule has 0 bridgehead atoms. The number of aliphatic hydroxyl groups excluding tert-OH is 2. The van der Waals surface area contributed by atoms with Gasteiger partial charge >= 0.3 is 0 Å². The summed E-state index contributed by atoms with van der Waals surface area (Å²) in [4.78, 5) is 0. The average molecular weight is 355 g/mol. The summed E-state index contributed by atoms with van der Waals surface area (Å²) in [5.41, 5.74) is 0. The topological polar surface area (TPSA) is 58.9 Å². The van der Waals surface area contributed by atoms with Crippen molar-refractivity contribution in [1.29, 1.82) is 0 Å². The molecular formula is C21H38O4. The third kappa shape index (κ3) is 4.58. The molecule has 5 atom stereocenters. The molecule has 5 unspecified atom stereocenters. The fourth-order valence-electron chi connectivity index (χ4n) is 5.30. The first-order valence-electron chi connectivity index (χ1n) is 10.8. The van der Waals surface area contributed by atoms with Gasteiger partial charge in [-0.3, -0.25) is 0 Å². The van der Waals surface area contributed by atoms with Crippen LogP contribution in [-0.2, 0) is 9.47 Å². The maximum atomic E-state index is 10.6. The summed E-state index contributed by atoms with van der Waals surface area (Å²) in [6, 6.07) is 0. The van der Waals surface area contributed by atoms with E-state index in [0.717, 1.165) is 38.5 Å². The SMILES string of the molecule is CCCCCCCCCC(O)CCC1CC2C(CC23OCCO3)C1O. The second-order valence-electron chi connectivity index (χ2n) is 8.61. The van der Waals surface area contributed by atoms with Crippen LogP contribution in [0.15, 0.2) is 0 Å². The van der Waals surface area contributed by atoms with Crippen molar-refractivity contribution < 1.29 is 19.7 Å². The summed E-state index contributed by atoms with van der Waals surface area (Å²) in [6.07, 6.45) is 13.1. The van der Waals surface area contributed by atoms with Crippen molar-refractivity contribution >= 4 is 0 Å². The predicted molar refractivity (Wildman–Crippen MR) is 98.2 cm³/mol. The Balaban J connectivity index is 1.27. The van der Waals surface area contributed by atoms with Gasteiger partial charge in [-0.25, -0.2) is 0 Å². The Labute approximate surface area is 153 Å². The van der Waals surface area contributed by atoms with E-state index in [0.29, 0.717) is 31.0 Å². The number of hydrogen-bond donors (Lipinski definition) is 2. The molecule has 25 heavy (non-hydrogen) atoms. The first-order chi connectivity index (χ1) is 12.2. The van der Waals surface area contributed by atoms with Gasteiger partial charge in [0, 0.05) is 12.3 Å². The largest absolute Gasteiger partial charge is 0.393 e. The Hall–Kier alpha value is -0.160. The molecule has 2 aliphatic carbocycles. The number of fused-ring (bicyclic) bond motifs is 2. The highest BCUT2D eigenvalue weighted by Gasteiger charge is 2.64.